The van der Waals surface area contributed by atoms with Crippen molar-refractivity contribution in [3.05, 3.63) is 94.2 Å². The SMILES string of the molecule is O=C(c1ccccc1)N1CCC(c2ccccc2Oc2ncccc2[N+](=O)[O-])CC1. The third-order valence-electron chi connectivity index (χ3n) is 5.32. The minimum Gasteiger partial charge on any atom is -0.433 e. The number of aromatic nitrogens is 1. The summed E-state index contributed by atoms with van der Waals surface area (Å²) in [6, 6.07) is 19.7. The molecule has 0 N–H and O–H groups in total. The van der Waals surface area contributed by atoms with Crippen LogP contribution in [0.3, 0.4) is 0 Å². The number of carbonyl (C=O) groups is 1. The van der Waals surface area contributed by atoms with Crippen LogP contribution in [0.15, 0.2) is 72.9 Å². The number of benzene rings is 2. The van der Waals surface area contributed by atoms with Crippen LogP contribution in [0.4, 0.5) is 5.69 Å². The van der Waals surface area contributed by atoms with Crippen LogP contribution in [-0.2, 0) is 0 Å². The van der Waals surface area contributed by atoms with E-state index >= 15 is 0 Å². The van der Waals surface area contributed by atoms with Gasteiger partial charge in [-0.1, -0.05) is 36.4 Å². The quantitative estimate of drug-likeness (QED) is 0.451. The van der Waals surface area contributed by atoms with Gasteiger partial charge >= 0.3 is 5.69 Å². The minimum atomic E-state index is -0.501. The van der Waals surface area contributed by atoms with E-state index < -0.39 is 4.92 Å². The fraction of sp³-hybridized carbons (Fsp3) is 0.217. The van der Waals surface area contributed by atoms with Gasteiger partial charge in [-0.05, 0) is 48.6 Å². The molecule has 1 saturated heterocycles. The number of rotatable bonds is 5. The molecule has 0 bridgehead atoms. The first-order valence-corrected chi connectivity index (χ1v) is 9.84. The van der Waals surface area contributed by atoms with E-state index in [0.29, 0.717) is 24.4 Å². The van der Waals surface area contributed by atoms with Gasteiger partial charge in [0, 0.05) is 30.9 Å². The number of likely N-dealkylation sites (tertiary alicyclic amines) is 1. The van der Waals surface area contributed by atoms with E-state index in [-0.39, 0.29) is 23.4 Å². The van der Waals surface area contributed by atoms with Crippen molar-refractivity contribution in [3.8, 4) is 11.6 Å². The molecule has 7 heteroatoms. The second-order valence-electron chi connectivity index (χ2n) is 7.16. The largest absolute Gasteiger partial charge is 0.433 e. The Morgan fingerprint density at radius 1 is 1.00 bits per heavy atom. The molecule has 152 valence electrons. The summed E-state index contributed by atoms with van der Waals surface area (Å²) in [6.45, 7) is 1.30. The Hall–Kier alpha value is -3.74. The second-order valence-corrected chi connectivity index (χ2v) is 7.16. The highest BCUT2D eigenvalue weighted by atomic mass is 16.6. The predicted molar refractivity (Wildman–Crippen MR) is 112 cm³/mol. The summed E-state index contributed by atoms with van der Waals surface area (Å²) in [5.41, 5.74) is 1.50. The third kappa shape index (κ3) is 4.15. The molecule has 2 aromatic carbocycles. The van der Waals surface area contributed by atoms with Gasteiger partial charge in [0.2, 0.25) is 0 Å². The summed E-state index contributed by atoms with van der Waals surface area (Å²) in [6.07, 6.45) is 3.06. The lowest BCUT2D eigenvalue weighted by Crippen LogP contribution is -2.37. The topological polar surface area (TPSA) is 85.6 Å². The van der Waals surface area contributed by atoms with Gasteiger partial charge in [0.1, 0.15) is 5.75 Å². The first-order valence-electron chi connectivity index (χ1n) is 9.84. The number of piperidine rings is 1. The van der Waals surface area contributed by atoms with Crippen molar-refractivity contribution in [3.63, 3.8) is 0 Å². The maximum atomic E-state index is 12.7. The summed E-state index contributed by atoms with van der Waals surface area (Å²) in [4.78, 5) is 29.4. The number of amides is 1. The minimum absolute atomic E-state index is 0.0216. The molecule has 0 aliphatic carbocycles. The number of nitrogens with zero attached hydrogens (tertiary/aromatic N) is 3. The van der Waals surface area contributed by atoms with Crippen LogP contribution < -0.4 is 4.74 Å². The van der Waals surface area contributed by atoms with E-state index in [4.69, 9.17) is 4.74 Å². The molecular formula is C23H21N3O4. The van der Waals surface area contributed by atoms with Crippen molar-refractivity contribution in [2.75, 3.05) is 13.1 Å². The zero-order valence-electron chi connectivity index (χ0n) is 16.3. The maximum Gasteiger partial charge on any atom is 0.331 e. The van der Waals surface area contributed by atoms with Crippen molar-refractivity contribution in [1.82, 2.24) is 9.88 Å². The van der Waals surface area contributed by atoms with Crippen LogP contribution in [0.25, 0.3) is 0 Å². The fourth-order valence-corrected chi connectivity index (χ4v) is 3.77. The summed E-state index contributed by atoms with van der Waals surface area (Å²) >= 11 is 0. The van der Waals surface area contributed by atoms with Gasteiger partial charge in [0.05, 0.1) is 4.92 Å². The van der Waals surface area contributed by atoms with Crippen LogP contribution in [-0.4, -0.2) is 33.8 Å². The molecule has 0 saturated carbocycles. The Labute approximate surface area is 174 Å². The highest BCUT2D eigenvalue weighted by molar-refractivity contribution is 5.94. The molecule has 0 spiro atoms. The van der Waals surface area contributed by atoms with Crippen molar-refractivity contribution in [2.24, 2.45) is 0 Å². The van der Waals surface area contributed by atoms with E-state index in [1.807, 2.05) is 53.4 Å². The van der Waals surface area contributed by atoms with Gasteiger partial charge in [-0.25, -0.2) is 4.98 Å². The zero-order valence-corrected chi connectivity index (χ0v) is 16.3. The molecule has 4 rings (SSSR count). The summed E-state index contributed by atoms with van der Waals surface area (Å²) in [5, 5.41) is 11.3. The second kappa shape index (κ2) is 8.73. The summed E-state index contributed by atoms with van der Waals surface area (Å²) in [5.74, 6) is 0.783. The van der Waals surface area contributed by atoms with E-state index in [1.165, 1.54) is 18.3 Å². The number of nitro groups is 1. The summed E-state index contributed by atoms with van der Waals surface area (Å²) < 4.78 is 5.87. The molecule has 3 aromatic rings. The Bertz CT molecular complexity index is 1050. The number of ether oxygens (including phenoxy) is 1. The van der Waals surface area contributed by atoms with E-state index in [0.717, 1.165) is 18.4 Å². The predicted octanol–water partition coefficient (Wildman–Crippen LogP) is 4.80. The fourth-order valence-electron chi connectivity index (χ4n) is 3.77. The molecule has 1 amide bonds. The van der Waals surface area contributed by atoms with Crippen LogP contribution in [0.2, 0.25) is 0 Å². The molecule has 7 nitrogen and oxygen atoms in total. The Kier molecular flexibility index (Phi) is 5.70. The monoisotopic (exact) mass is 403 g/mol. The third-order valence-corrected chi connectivity index (χ3v) is 5.32. The highest BCUT2D eigenvalue weighted by Gasteiger charge is 2.27. The Balaban J connectivity index is 1.49. The average molecular weight is 403 g/mol. The number of para-hydroxylation sites is 1. The Morgan fingerprint density at radius 3 is 2.43 bits per heavy atom. The van der Waals surface area contributed by atoms with E-state index in [1.54, 1.807) is 6.07 Å². The highest BCUT2D eigenvalue weighted by Crippen LogP contribution is 2.37. The summed E-state index contributed by atoms with van der Waals surface area (Å²) in [7, 11) is 0. The number of pyridine rings is 1. The van der Waals surface area contributed by atoms with Gasteiger partial charge in [-0.2, -0.15) is 0 Å². The van der Waals surface area contributed by atoms with Crippen molar-refractivity contribution < 1.29 is 14.5 Å². The molecule has 30 heavy (non-hydrogen) atoms. The lowest BCUT2D eigenvalue weighted by molar-refractivity contribution is -0.386. The van der Waals surface area contributed by atoms with Gasteiger partial charge in [0.15, 0.2) is 0 Å². The average Bonchev–Trinajstić information content (AvgIpc) is 2.80. The standard InChI is InChI=1S/C23H21N3O4/c27-23(18-7-2-1-3-8-18)25-15-12-17(13-16-25)19-9-4-5-11-21(19)30-22-20(26(28)29)10-6-14-24-22/h1-11,14,17H,12-13,15-16H2. The zero-order chi connectivity index (χ0) is 20.9. The number of hydrogen-bond donors (Lipinski definition) is 0. The number of carbonyl (C=O) groups excluding carboxylic acids is 1. The first-order chi connectivity index (χ1) is 14.6. The van der Waals surface area contributed by atoms with Crippen LogP contribution in [0.1, 0.15) is 34.7 Å². The molecule has 1 aromatic heterocycles. The molecule has 1 aliphatic heterocycles. The molecule has 0 radical (unpaired) electrons. The van der Waals surface area contributed by atoms with Crippen molar-refractivity contribution in [2.45, 2.75) is 18.8 Å². The lowest BCUT2D eigenvalue weighted by Gasteiger charge is -2.32. The molecule has 1 fully saturated rings. The van der Waals surface area contributed by atoms with Gasteiger partial charge < -0.3 is 9.64 Å². The Morgan fingerprint density at radius 2 is 1.70 bits per heavy atom. The van der Waals surface area contributed by atoms with E-state index in [9.17, 15) is 14.9 Å². The normalized spacial score (nSPS) is 14.3. The van der Waals surface area contributed by atoms with Crippen LogP contribution in [0, 0.1) is 10.1 Å². The van der Waals surface area contributed by atoms with E-state index in [2.05, 4.69) is 4.98 Å². The van der Waals surface area contributed by atoms with Crippen molar-refractivity contribution in [1.29, 1.82) is 0 Å². The number of hydrogen-bond acceptors (Lipinski definition) is 5. The van der Waals surface area contributed by atoms with Crippen LogP contribution >= 0.6 is 0 Å². The van der Waals surface area contributed by atoms with Gasteiger partial charge in [0.25, 0.3) is 11.8 Å². The first kappa shape index (κ1) is 19.6. The molecule has 1 aliphatic rings. The lowest BCUT2D eigenvalue weighted by atomic mass is 9.88. The van der Waals surface area contributed by atoms with Gasteiger partial charge in [-0.3, -0.25) is 14.9 Å². The van der Waals surface area contributed by atoms with Gasteiger partial charge in [-0.15, -0.1) is 0 Å². The molecular weight excluding hydrogens is 382 g/mol. The smallest absolute Gasteiger partial charge is 0.331 e. The molecule has 0 atom stereocenters. The molecule has 0 unspecified atom stereocenters. The molecule has 2 heterocycles. The van der Waals surface area contributed by atoms with Crippen LogP contribution in [0.5, 0.6) is 11.6 Å². The van der Waals surface area contributed by atoms with Crippen molar-refractivity contribution >= 4 is 11.6 Å². The maximum absolute atomic E-state index is 12.7.